The lowest BCUT2D eigenvalue weighted by molar-refractivity contribution is -0.130. The van der Waals surface area contributed by atoms with Crippen LogP contribution in [0.1, 0.15) is 5.56 Å². The molecule has 1 amide bonds. The summed E-state index contributed by atoms with van der Waals surface area (Å²) in [7, 11) is 1.66. The van der Waals surface area contributed by atoms with E-state index in [0.29, 0.717) is 13.1 Å². The Morgan fingerprint density at radius 1 is 1.04 bits per heavy atom. The molecule has 27 heavy (non-hydrogen) atoms. The summed E-state index contributed by atoms with van der Waals surface area (Å²) in [5, 5.41) is 3.19. The molecule has 0 aromatic heterocycles. The average Bonchev–Trinajstić information content (AvgIpc) is 2.72. The second kappa shape index (κ2) is 9.37. The number of hydrogen-bond acceptors (Lipinski definition) is 4. The third-order valence-corrected chi connectivity index (χ3v) is 4.85. The molecule has 1 N–H and O–H groups in total. The highest BCUT2D eigenvalue weighted by molar-refractivity contribution is 5.78. The standard InChI is InChI=1S/C21H26FN3O2/c1-27-20-8-6-19(7-9-20)24-12-14-25(15-13-24)21(26)16-23-11-10-17-2-4-18(22)5-3-17/h2-9,23H,10-16H2,1H3. The molecule has 0 radical (unpaired) electrons. The number of amides is 1. The first-order chi connectivity index (χ1) is 13.2. The van der Waals surface area contributed by atoms with Crippen LogP contribution < -0.4 is 15.0 Å². The van der Waals surface area contributed by atoms with Crippen molar-refractivity contribution in [3.8, 4) is 5.75 Å². The fourth-order valence-corrected chi connectivity index (χ4v) is 3.20. The lowest BCUT2D eigenvalue weighted by Gasteiger charge is -2.36. The first-order valence-corrected chi connectivity index (χ1v) is 9.27. The van der Waals surface area contributed by atoms with E-state index in [1.807, 2.05) is 29.2 Å². The van der Waals surface area contributed by atoms with Gasteiger partial charge in [-0.25, -0.2) is 4.39 Å². The van der Waals surface area contributed by atoms with Gasteiger partial charge in [-0.1, -0.05) is 12.1 Å². The highest BCUT2D eigenvalue weighted by atomic mass is 19.1. The van der Waals surface area contributed by atoms with Crippen molar-refractivity contribution in [1.82, 2.24) is 10.2 Å². The molecular weight excluding hydrogens is 345 g/mol. The fourth-order valence-electron chi connectivity index (χ4n) is 3.20. The van der Waals surface area contributed by atoms with Crippen molar-refractivity contribution in [2.75, 3.05) is 51.3 Å². The van der Waals surface area contributed by atoms with Crippen LogP contribution >= 0.6 is 0 Å². The van der Waals surface area contributed by atoms with Gasteiger partial charge in [0, 0.05) is 31.9 Å². The Kier molecular flexibility index (Phi) is 6.65. The largest absolute Gasteiger partial charge is 0.497 e. The van der Waals surface area contributed by atoms with Gasteiger partial charge in [-0.05, 0) is 54.9 Å². The van der Waals surface area contributed by atoms with E-state index >= 15 is 0 Å². The van der Waals surface area contributed by atoms with Gasteiger partial charge in [0.1, 0.15) is 11.6 Å². The Bertz CT molecular complexity index is 726. The quantitative estimate of drug-likeness (QED) is 0.759. The fraction of sp³-hybridized carbons (Fsp3) is 0.381. The maximum absolute atomic E-state index is 12.9. The normalized spacial score (nSPS) is 14.3. The molecule has 0 bridgehead atoms. The van der Waals surface area contributed by atoms with Crippen LogP contribution in [0.2, 0.25) is 0 Å². The van der Waals surface area contributed by atoms with Gasteiger partial charge in [0.15, 0.2) is 0 Å². The number of ether oxygens (including phenoxy) is 1. The van der Waals surface area contributed by atoms with Crippen LogP contribution in [-0.4, -0.2) is 57.2 Å². The first-order valence-electron chi connectivity index (χ1n) is 9.27. The lowest BCUT2D eigenvalue weighted by atomic mass is 10.1. The number of halogens is 1. The van der Waals surface area contributed by atoms with E-state index in [1.165, 1.54) is 12.1 Å². The topological polar surface area (TPSA) is 44.8 Å². The first kappa shape index (κ1) is 19.2. The Morgan fingerprint density at radius 2 is 1.70 bits per heavy atom. The third-order valence-electron chi connectivity index (χ3n) is 4.85. The van der Waals surface area contributed by atoms with Crippen LogP contribution in [0.15, 0.2) is 48.5 Å². The van der Waals surface area contributed by atoms with Crippen molar-refractivity contribution in [3.63, 3.8) is 0 Å². The van der Waals surface area contributed by atoms with E-state index in [2.05, 4.69) is 10.2 Å². The van der Waals surface area contributed by atoms with Gasteiger partial charge >= 0.3 is 0 Å². The van der Waals surface area contributed by atoms with Gasteiger partial charge in [-0.15, -0.1) is 0 Å². The Morgan fingerprint density at radius 3 is 2.33 bits per heavy atom. The summed E-state index contributed by atoms with van der Waals surface area (Å²) < 4.78 is 18.1. The van der Waals surface area contributed by atoms with Gasteiger partial charge in [-0.3, -0.25) is 4.79 Å². The smallest absolute Gasteiger partial charge is 0.236 e. The molecule has 3 rings (SSSR count). The van der Waals surface area contributed by atoms with E-state index < -0.39 is 0 Å². The molecule has 0 saturated carbocycles. The molecule has 1 aliphatic heterocycles. The lowest BCUT2D eigenvalue weighted by Crippen LogP contribution is -2.51. The van der Waals surface area contributed by atoms with Crippen LogP contribution in [0, 0.1) is 5.82 Å². The van der Waals surface area contributed by atoms with Gasteiger partial charge < -0.3 is 19.9 Å². The highest BCUT2D eigenvalue weighted by Crippen LogP contribution is 2.20. The number of carbonyl (C=O) groups excluding carboxylic acids is 1. The van der Waals surface area contributed by atoms with Crippen LogP contribution in [0.5, 0.6) is 5.75 Å². The Hall–Kier alpha value is -2.60. The van der Waals surface area contributed by atoms with E-state index in [4.69, 9.17) is 4.74 Å². The predicted molar refractivity (Wildman–Crippen MR) is 105 cm³/mol. The molecule has 1 fully saturated rings. The van der Waals surface area contributed by atoms with Gasteiger partial charge in [0.05, 0.1) is 13.7 Å². The highest BCUT2D eigenvalue weighted by Gasteiger charge is 2.20. The number of hydrogen-bond donors (Lipinski definition) is 1. The van der Waals surface area contributed by atoms with Crippen molar-refractivity contribution < 1.29 is 13.9 Å². The molecule has 1 aliphatic rings. The zero-order valence-corrected chi connectivity index (χ0v) is 15.7. The van der Waals surface area contributed by atoms with E-state index in [-0.39, 0.29) is 11.7 Å². The van der Waals surface area contributed by atoms with Crippen LogP contribution in [-0.2, 0) is 11.2 Å². The monoisotopic (exact) mass is 371 g/mol. The zero-order valence-electron chi connectivity index (χ0n) is 15.7. The summed E-state index contributed by atoms with van der Waals surface area (Å²) in [5.41, 5.74) is 2.21. The molecule has 5 nitrogen and oxygen atoms in total. The van der Waals surface area contributed by atoms with Crippen molar-refractivity contribution in [2.24, 2.45) is 0 Å². The van der Waals surface area contributed by atoms with Gasteiger partial charge in [0.2, 0.25) is 5.91 Å². The Labute approximate surface area is 159 Å². The molecular formula is C21H26FN3O2. The SMILES string of the molecule is COc1ccc(N2CCN(C(=O)CNCCc3ccc(F)cc3)CC2)cc1. The van der Waals surface area contributed by atoms with Crippen molar-refractivity contribution in [2.45, 2.75) is 6.42 Å². The molecule has 1 saturated heterocycles. The minimum Gasteiger partial charge on any atom is -0.497 e. The van der Waals surface area contributed by atoms with E-state index in [1.54, 1.807) is 19.2 Å². The average molecular weight is 371 g/mol. The van der Waals surface area contributed by atoms with Crippen molar-refractivity contribution in [3.05, 3.63) is 59.9 Å². The maximum Gasteiger partial charge on any atom is 0.236 e. The second-order valence-corrected chi connectivity index (χ2v) is 6.62. The summed E-state index contributed by atoms with van der Waals surface area (Å²) in [6.45, 7) is 4.14. The molecule has 144 valence electrons. The number of piperazine rings is 1. The summed E-state index contributed by atoms with van der Waals surface area (Å²) >= 11 is 0. The predicted octanol–water partition coefficient (Wildman–Crippen LogP) is 2.32. The molecule has 2 aromatic rings. The summed E-state index contributed by atoms with van der Waals surface area (Å²) in [6.07, 6.45) is 0.777. The minimum atomic E-state index is -0.226. The van der Waals surface area contributed by atoms with Crippen LogP contribution in [0.3, 0.4) is 0 Å². The van der Waals surface area contributed by atoms with E-state index in [9.17, 15) is 9.18 Å². The zero-order chi connectivity index (χ0) is 19.1. The number of carbonyl (C=O) groups is 1. The number of benzene rings is 2. The number of nitrogens with zero attached hydrogens (tertiary/aromatic N) is 2. The molecule has 0 spiro atoms. The number of anilines is 1. The summed E-state index contributed by atoms with van der Waals surface area (Å²) in [5.74, 6) is 0.749. The summed E-state index contributed by atoms with van der Waals surface area (Å²) in [4.78, 5) is 16.6. The minimum absolute atomic E-state index is 0.128. The van der Waals surface area contributed by atoms with E-state index in [0.717, 1.165) is 49.6 Å². The maximum atomic E-state index is 12.9. The van der Waals surface area contributed by atoms with Crippen molar-refractivity contribution in [1.29, 1.82) is 0 Å². The molecule has 0 atom stereocenters. The Balaban J connectivity index is 1.37. The molecule has 6 heteroatoms. The molecule has 2 aromatic carbocycles. The van der Waals surface area contributed by atoms with Crippen molar-refractivity contribution >= 4 is 11.6 Å². The molecule has 1 heterocycles. The van der Waals surface area contributed by atoms with Gasteiger partial charge in [0.25, 0.3) is 0 Å². The number of nitrogens with one attached hydrogen (secondary N) is 1. The number of methoxy groups -OCH3 is 1. The summed E-state index contributed by atoms with van der Waals surface area (Å²) in [6, 6.07) is 14.5. The number of rotatable bonds is 7. The molecule has 0 aliphatic carbocycles. The second-order valence-electron chi connectivity index (χ2n) is 6.62. The third kappa shape index (κ3) is 5.44. The molecule has 0 unspecified atom stereocenters. The van der Waals surface area contributed by atoms with Crippen LogP contribution in [0.25, 0.3) is 0 Å². The van der Waals surface area contributed by atoms with Gasteiger partial charge in [-0.2, -0.15) is 0 Å². The van der Waals surface area contributed by atoms with Crippen LogP contribution in [0.4, 0.5) is 10.1 Å².